The van der Waals surface area contributed by atoms with Crippen molar-refractivity contribution in [2.45, 2.75) is 50.8 Å². The molecule has 2 aliphatic rings. The molecular formula is C16H24O9. The molecular weight excluding hydrogens is 336 g/mol. The molecule has 0 aromatic carbocycles. The van der Waals surface area contributed by atoms with Crippen molar-refractivity contribution in [3.05, 3.63) is 23.5 Å². The molecule has 9 heteroatoms. The number of aliphatic hydroxyl groups is 4. The second-order valence-corrected chi connectivity index (χ2v) is 5.88. The van der Waals surface area contributed by atoms with E-state index in [0.717, 1.165) is 0 Å². The molecule has 0 bridgehead atoms. The number of hydrogen-bond donors (Lipinski definition) is 4. The Balaban J connectivity index is 2.16. The number of carbonyl (C=O) groups is 1. The molecule has 0 aromatic rings. The highest BCUT2D eigenvalue weighted by Gasteiger charge is 2.46. The van der Waals surface area contributed by atoms with Gasteiger partial charge in [-0.2, -0.15) is 0 Å². The van der Waals surface area contributed by atoms with Crippen LogP contribution in [0.4, 0.5) is 0 Å². The van der Waals surface area contributed by atoms with Crippen LogP contribution in [0.15, 0.2) is 23.5 Å². The van der Waals surface area contributed by atoms with E-state index < -0.39 is 49.6 Å². The van der Waals surface area contributed by atoms with Crippen molar-refractivity contribution < 1.29 is 44.2 Å². The molecule has 1 fully saturated rings. The fourth-order valence-corrected chi connectivity index (χ4v) is 2.84. The van der Waals surface area contributed by atoms with Gasteiger partial charge in [0.2, 0.25) is 6.29 Å². The standard InChI is InChI=1S/C16H24O9/c1-4-8-7(2)9(14(21)22-3)6-23-15(8)25-16-13(20)12(19)11(18)10(5-17)24-16/h4,6-7,10-13,15-20H,5H2,1-3H3/b8-4+/t7?,10?,11-,12?,13-,15?,16+/m1/s1. The summed E-state index contributed by atoms with van der Waals surface area (Å²) in [6, 6.07) is 0. The Morgan fingerprint density at radius 1 is 1.28 bits per heavy atom. The lowest BCUT2D eigenvalue weighted by atomic mass is 9.91. The van der Waals surface area contributed by atoms with Crippen molar-refractivity contribution in [3.63, 3.8) is 0 Å². The van der Waals surface area contributed by atoms with Crippen molar-refractivity contribution in [2.75, 3.05) is 13.7 Å². The average molecular weight is 360 g/mol. The zero-order valence-electron chi connectivity index (χ0n) is 14.2. The smallest absolute Gasteiger partial charge is 0.337 e. The Morgan fingerprint density at radius 2 is 1.96 bits per heavy atom. The summed E-state index contributed by atoms with van der Waals surface area (Å²) >= 11 is 0. The molecule has 4 unspecified atom stereocenters. The van der Waals surface area contributed by atoms with E-state index in [1.54, 1.807) is 19.9 Å². The minimum atomic E-state index is -1.55. The number of allylic oxidation sites excluding steroid dienone is 1. The molecule has 25 heavy (non-hydrogen) atoms. The van der Waals surface area contributed by atoms with E-state index in [9.17, 15) is 25.2 Å². The van der Waals surface area contributed by atoms with E-state index in [4.69, 9.17) is 18.9 Å². The van der Waals surface area contributed by atoms with E-state index in [2.05, 4.69) is 0 Å². The molecule has 0 aromatic heterocycles. The van der Waals surface area contributed by atoms with Crippen LogP contribution >= 0.6 is 0 Å². The summed E-state index contributed by atoms with van der Waals surface area (Å²) in [6.45, 7) is 2.94. The molecule has 2 aliphatic heterocycles. The Bertz CT molecular complexity index is 542. The number of rotatable bonds is 4. The maximum Gasteiger partial charge on any atom is 0.337 e. The van der Waals surface area contributed by atoms with Crippen LogP contribution in [0.2, 0.25) is 0 Å². The van der Waals surface area contributed by atoms with Gasteiger partial charge in [0, 0.05) is 11.5 Å². The van der Waals surface area contributed by atoms with Crippen LogP contribution in [0.5, 0.6) is 0 Å². The van der Waals surface area contributed by atoms with Gasteiger partial charge >= 0.3 is 5.97 Å². The van der Waals surface area contributed by atoms with Gasteiger partial charge in [-0.3, -0.25) is 0 Å². The molecule has 0 aliphatic carbocycles. The summed E-state index contributed by atoms with van der Waals surface area (Å²) < 4.78 is 21.0. The molecule has 9 nitrogen and oxygen atoms in total. The molecule has 4 N–H and O–H groups in total. The Hall–Kier alpha value is -1.49. The topological polar surface area (TPSA) is 135 Å². The number of methoxy groups -OCH3 is 1. The van der Waals surface area contributed by atoms with Crippen molar-refractivity contribution in [1.82, 2.24) is 0 Å². The van der Waals surface area contributed by atoms with Crippen LogP contribution in [0.25, 0.3) is 0 Å². The number of hydrogen-bond acceptors (Lipinski definition) is 9. The molecule has 0 spiro atoms. The Labute approximate surface area is 145 Å². The third kappa shape index (κ3) is 3.86. The first-order chi connectivity index (χ1) is 11.8. The second-order valence-electron chi connectivity index (χ2n) is 5.88. The number of carbonyl (C=O) groups excluding carboxylic acids is 1. The van der Waals surface area contributed by atoms with Crippen LogP contribution in [0.3, 0.4) is 0 Å². The van der Waals surface area contributed by atoms with Gasteiger partial charge < -0.3 is 39.4 Å². The first-order valence-electron chi connectivity index (χ1n) is 7.91. The fraction of sp³-hybridized carbons (Fsp3) is 0.688. The molecule has 2 heterocycles. The Kier molecular flexibility index (Phi) is 6.55. The molecule has 2 rings (SSSR count). The van der Waals surface area contributed by atoms with Gasteiger partial charge in [0.15, 0.2) is 6.29 Å². The van der Waals surface area contributed by atoms with Crippen molar-refractivity contribution in [1.29, 1.82) is 0 Å². The van der Waals surface area contributed by atoms with E-state index in [1.807, 2.05) is 0 Å². The van der Waals surface area contributed by atoms with Gasteiger partial charge in [0.25, 0.3) is 0 Å². The van der Waals surface area contributed by atoms with Crippen LogP contribution in [-0.2, 0) is 23.7 Å². The molecule has 0 amide bonds. The van der Waals surface area contributed by atoms with Crippen molar-refractivity contribution >= 4 is 5.97 Å². The van der Waals surface area contributed by atoms with Gasteiger partial charge in [-0.1, -0.05) is 13.0 Å². The molecule has 7 atom stereocenters. The monoisotopic (exact) mass is 360 g/mol. The van der Waals surface area contributed by atoms with Crippen LogP contribution in [0, 0.1) is 5.92 Å². The first kappa shape index (κ1) is 19.8. The quantitative estimate of drug-likeness (QED) is 0.360. The second kappa shape index (κ2) is 8.26. The molecule has 1 saturated heterocycles. The highest BCUT2D eigenvalue weighted by molar-refractivity contribution is 5.89. The summed E-state index contributed by atoms with van der Waals surface area (Å²) in [7, 11) is 1.27. The van der Waals surface area contributed by atoms with E-state index in [-0.39, 0.29) is 5.92 Å². The number of esters is 1. The van der Waals surface area contributed by atoms with Crippen molar-refractivity contribution in [2.24, 2.45) is 5.92 Å². The van der Waals surface area contributed by atoms with Crippen LogP contribution < -0.4 is 0 Å². The molecule has 142 valence electrons. The highest BCUT2D eigenvalue weighted by Crippen LogP contribution is 2.33. The summed E-state index contributed by atoms with van der Waals surface area (Å²) in [5, 5.41) is 38.9. The van der Waals surface area contributed by atoms with Crippen LogP contribution in [0.1, 0.15) is 13.8 Å². The first-order valence-corrected chi connectivity index (χ1v) is 7.91. The maximum absolute atomic E-state index is 11.8. The zero-order chi connectivity index (χ0) is 18.7. The van der Waals surface area contributed by atoms with E-state index in [1.165, 1.54) is 13.4 Å². The van der Waals surface area contributed by atoms with Gasteiger partial charge in [0.05, 0.1) is 25.6 Å². The summed E-state index contributed by atoms with van der Waals surface area (Å²) in [5.74, 6) is -0.890. The minimum absolute atomic E-state index is 0.309. The van der Waals surface area contributed by atoms with Crippen LogP contribution in [-0.4, -0.2) is 77.1 Å². The summed E-state index contributed by atoms with van der Waals surface area (Å²) in [5.41, 5.74) is 0.907. The lowest BCUT2D eigenvalue weighted by Crippen LogP contribution is -2.60. The Morgan fingerprint density at radius 3 is 2.52 bits per heavy atom. The largest absolute Gasteiger partial charge is 0.468 e. The van der Waals surface area contributed by atoms with E-state index in [0.29, 0.717) is 11.1 Å². The fourth-order valence-electron chi connectivity index (χ4n) is 2.84. The SMILES string of the molecule is C/C=C1/C(O[C@@H]2OC(CO)[C@@H](O)C(O)[C@H]2O)OC=C(C(=O)OC)C1C. The minimum Gasteiger partial charge on any atom is -0.468 e. The van der Waals surface area contributed by atoms with Gasteiger partial charge in [-0.05, 0) is 6.92 Å². The lowest BCUT2D eigenvalue weighted by Gasteiger charge is -2.41. The predicted molar refractivity (Wildman–Crippen MR) is 82.7 cm³/mol. The maximum atomic E-state index is 11.8. The normalized spacial score (nSPS) is 40.4. The highest BCUT2D eigenvalue weighted by atomic mass is 16.8. The molecule has 0 radical (unpaired) electrons. The average Bonchev–Trinajstić information content (AvgIpc) is 2.61. The number of aliphatic hydroxyl groups excluding tert-OH is 4. The zero-order valence-corrected chi connectivity index (χ0v) is 14.2. The van der Waals surface area contributed by atoms with Crippen molar-refractivity contribution in [3.8, 4) is 0 Å². The number of ether oxygens (including phenoxy) is 4. The third-order valence-electron chi connectivity index (χ3n) is 4.42. The molecule has 0 saturated carbocycles. The summed E-state index contributed by atoms with van der Waals surface area (Å²) in [6.07, 6.45) is -5.04. The summed E-state index contributed by atoms with van der Waals surface area (Å²) in [4.78, 5) is 11.8. The third-order valence-corrected chi connectivity index (χ3v) is 4.42. The van der Waals surface area contributed by atoms with Gasteiger partial charge in [0.1, 0.15) is 24.4 Å². The van der Waals surface area contributed by atoms with E-state index >= 15 is 0 Å². The van der Waals surface area contributed by atoms with Gasteiger partial charge in [-0.15, -0.1) is 0 Å². The van der Waals surface area contributed by atoms with Gasteiger partial charge in [-0.25, -0.2) is 4.79 Å². The predicted octanol–water partition coefficient (Wildman–Crippen LogP) is -1.20. The lowest BCUT2D eigenvalue weighted by molar-refractivity contribution is -0.327.